The Balaban J connectivity index is 0.00000112. The molecular weight excluding hydrogens is 866 g/mol. The second kappa shape index (κ2) is 44.8. The number of unbranched alkanes of at least 4 members (excludes halogenated alkanes) is 20. The van der Waals surface area contributed by atoms with Crippen molar-refractivity contribution < 1.29 is 39.5 Å². The number of rotatable bonds is 40. The van der Waals surface area contributed by atoms with Crippen molar-refractivity contribution >= 4 is 60.8 Å². The Hall–Kier alpha value is -1.21. The molecule has 2 rings (SSSR count). The van der Waals surface area contributed by atoms with E-state index in [1.165, 1.54) is 103 Å². The van der Waals surface area contributed by atoms with Crippen molar-refractivity contribution in [3.8, 4) is 0 Å². The van der Waals surface area contributed by atoms with E-state index in [1.54, 1.807) is 0 Å². The molecule has 2 unspecified atom stereocenters. The minimum atomic E-state index is -0.972. The van der Waals surface area contributed by atoms with Crippen LogP contribution in [0.25, 0.3) is 0 Å². The molecule has 59 heavy (non-hydrogen) atoms. The Labute approximate surface area is 400 Å². The molecule has 0 aliphatic carbocycles. The maximum atomic E-state index is 10.7. The predicted molar refractivity (Wildman–Crippen MR) is 238 cm³/mol. The molecule has 332 valence electrons. The van der Waals surface area contributed by atoms with Crippen LogP contribution < -0.4 is 10.2 Å². The van der Waals surface area contributed by atoms with Gasteiger partial charge in [-0.25, -0.2) is 0 Å². The average Bonchev–Trinajstić information content (AvgIpc) is 3.23. The van der Waals surface area contributed by atoms with Gasteiger partial charge in [-0.1, -0.05) is 189 Å². The summed E-state index contributed by atoms with van der Waals surface area (Å²) >= 11 is 0. The molecule has 0 aromatic heterocycles. The van der Waals surface area contributed by atoms with Crippen LogP contribution in [0.3, 0.4) is 0 Å². The van der Waals surface area contributed by atoms with Crippen LogP contribution in [0.2, 0.25) is 0 Å². The number of ether oxygens (including phenoxy) is 2. The van der Waals surface area contributed by atoms with E-state index in [1.807, 2.05) is 36.4 Å². The number of carboxylic acids is 2. The molecule has 0 bridgehead atoms. The molecule has 0 saturated carbocycles. The first-order valence-corrected chi connectivity index (χ1v) is 23.4. The third-order valence-electron chi connectivity index (χ3n) is 10.8. The van der Waals surface area contributed by atoms with Gasteiger partial charge in [0.2, 0.25) is 0 Å². The van der Waals surface area contributed by atoms with Gasteiger partial charge in [0.1, 0.15) is 0 Å². The first kappa shape index (κ1) is 57.8. The second-order valence-electron chi connectivity index (χ2n) is 16.2. The number of aliphatic hydroxyl groups is 2. The molecule has 2 atom stereocenters. The van der Waals surface area contributed by atoms with E-state index >= 15 is 0 Å². The number of aliphatic carboxylic acids is 2. The summed E-state index contributed by atoms with van der Waals surface area (Å²) in [5.74, 6) is -1.94. The molecule has 9 heteroatoms. The van der Waals surface area contributed by atoms with Crippen LogP contribution in [0.1, 0.15) is 204 Å². The number of hydrogen-bond acceptors (Lipinski definition) is 8. The largest absolute Gasteiger partial charge is 2.00 e. The Bertz CT molecular complexity index is 1080. The molecule has 2 aromatic rings. The first-order chi connectivity index (χ1) is 28.4. The van der Waals surface area contributed by atoms with Crippen LogP contribution in [0.5, 0.6) is 0 Å². The Morgan fingerprint density at radius 2 is 0.661 bits per heavy atom. The Morgan fingerprint density at radius 1 is 0.407 bits per heavy atom. The van der Waals surface area contributed by atoms with Gasteiger partial charge in [0.25, 0.3) is 0 Å². The smallest absolute Gasteiger partial charge is 0.550 e. The number of carboxylic acid groups (broad SMARTS) is 2. The van der Waals surface area contributed by atoms with E-state index in [9.17, 15) is 19.8 Å². The van der Waals surface area contributed by atoms with Crippen LogP contribution in [0, 0.1) is 0 Å². The van der Waals surface area contributed by atoms with Crippen LogP contribution in [-0.2, 0) is 32.3 Å². The molecule has 0 saturated heterocycles. The van der Waals surface area contributed by atoms with Gasteiger partial charge in [0, 0.05) is 25.2 Å². The SMILES string of the molecule is O=C([O-])CCCC(CCCCCCCCCCCCCO)OCc1ccccc1.O=C([O-])CCCC(CCCCCCCCCCCCCO)OCc1ccccc1.[Ba+2]. The van der Waals surface area contributed by atoms with Gasteiger partial charge in [-0.3, -0.25) is 0 Å². The van der Waals surface area contributed by atoms with Crippen LogP contribution in [0.15, 0.2) is 60.7 Å². The number of aliphatic hydroxyl groups excluding tert-OH is 2. The zero-order chi connectivity index (χ0) is 42.0. The van der Waals surface area contributed by atoms with E-state index in [0.29, 0.717) is 39.3 Å². The van der Waals surface area contributed by atoms with E-state index in [4.69, 9.17) is 19.7 Å². The fourth-order valence-electron chi connectivity index (χ4n) is 7.30. The quantitative estimate of drug-likeness (QED) is 0.0498. The summed E-state index contributed by atoms with van der Waals surface area (Å²) in [7, 11) is 0. The monoisotopic (exact) mass is 949 g/mol. The molecule has 0 amide bonds. The van der Waals surface area contributed by atoms with Crippen molar-refractivity contribution in [2.75, 3.05) is 13.2 Å². The van der Waals surface area contributed by atoms with Gasteiger partial charge >= 0.3 is 48.9 Å². The fraction of sp³-hybridized carbons (Fsp3) is 0.720. The summed E-state index contributed by atoms with van der Waals surface area (Å²) in [6, 6.07) is 20.3. The van der Waals surface area contributed by atoms with E-state index < -0.39 is 11.9 Å². The van der Waals surface area contributed by atoms with Crippen molar-refractivity contribution in [1.29, 1.82) is 0 Å². The molecule has 0 aliphatic rings. The summed E-state index contributed by atoms with van der Waals surface area (Å²) in [4.78, 5) is 21.3. The van der Waals surface area contributed by atoms with Gasteiger partial charge in [-0.2, -0.15) is 0 Å². The molecular formula is C50H82BaO8. The molecule has 0 radical (unpaired) electrons. The van der Waals surface area contributed by atoms with E-state index in [2.05, 4.69) is 24.3 Å². The van der Waals surface area contributed by atoms with Crippen molar-refractivity contribution in [2.45, 2.75) is 218 Å². The maximum Gasteiger partial charge on any atom is 2.00 e. The number of hydrogen-bond donors (Lipinski definition) is 2. The molecule has 0 aliphatic heterocycles. The summed E-state index contributed by atoms with van der Waals surface area (Å²) in [6.45, 7) is 1.84. The third kappa shape index (κ3) is 40.6. The van der Waals surface area contributed by atoms with Crippen LogP contribution >= 0.6 is 0 Å². The maximum absolute atomic E-state index is 10.7. The Kier molecular flexibility index (Phi) is 43.9. The zero-order valence-corrected chi connectivity index (χ0v) is 41.5. The number of carbonyl (C=O) groups excluding carboxylic acids is 2. The zero-order valence-electron chi connectivity index (χ0n) is 37.0. The normalized spacial score (nSPS) is 12.0. The first-order valence-electron chi connectivity index (χ1n) is 23.4. The molecule has 0 fully saturated rings. The standard InChI is InChI=1S/2C25H42O4.Ba/c2*26-21-14-9-7-5-3-1-2-4-6-8-13-18-24(19-15-20-25(27)28)29-22-23-16-11-10-12-17-23;/h2*10-12,16-17,24,26H,1-9,13-15,18-22H2,(H,27,28);/q;;+2/p-2. The van der Waals surface area contributed by atoms with Crippen LogP contribution in [0.4, 0.5) is 0 Å². The minimum Gasteiger partial charge on any atom is -0.550 e. The van der Waals surface area contributed by atoms with Crippen LogP contribution in [-0.4, -0.2) is 96.5 Å². The molecule has 2 aromatic carbocycles. The second-order valence-corrected chi connectivity index (χ2v) is 16.2. The Morgan fingerprint density at radius 3 is 0.932 bits per heavy atom. The van der Waals surface area contributed by atoms with Gasteiger partial charge in [-0.05, 0) is 75.3 Å². The van der Waals surface area contributed by atoms with E-state index in [-0.39, 0.29) is 73.9 Å². The van der Waals surface area contributed by atoms with Crippen molar-refractivity contribution in [2.24, 2.45) is 0 Å². The fourth-order valence-corrected chi connectivity index (χ4v) is 7.30. The molecule has 0 spiro atoms. The van der Waals surface area contributed by atoms with Gasteiger partial charge < -0.3 is 39.5 Å². The van der Waals surface area contributed by atoms with Gasteiger partial charge in [0.05, 0.1) is 25.4 Å². The topological polar surface area (TPSA) is 139 Å². The predicted octanol–water partition coefficient (Wildman–Crippen LogP) is 9.95. The number of benzene rings is 2. The van der Waals surface area contributed by atoms with Gasteiger partial charge in [0.15, 0.2) is 0 Å². The van der Waals surface area contributed by atoms with Crippen molar-refractivity contribution in [3.63, 3.8) is 0 Å². The average molecular weight is 949 g/mol. The van der Waals surface area contributed by atoms with E-state index in [0.717, 1.165) is 75.3 Å². The van der Waals surface area contributed by atoms with Crippen molar-refractivity contribution in [1.82, 2.24) is 0 Å². The van der Waals surface area contributed by atoms with Gasteiger partial charge in [-0.15, -0.1) is 0 Å². The summed E-state index contributed by atoms with van der Waals surface area (Å²) in [6.07, 6.45) is 32.5. The molecule has 2 N–H and O–H groups in total. The molecule has 0 heterocycles. The van der Waals surface area contributed by atoms with Crippen molar-refractivity contribution in [3.05, 3.63) is 71.8 Å². The number of carbonyl (C=O) groups is 2. The summed E-state index contributed by atoms with van der Waals surface area (Å²) in [5, 5.41) is 38.9. The minimum absolute atomic E-state index is 0. The summed E-state index contributed by atoms with van der Waals surface area (Å²) < 4.78 is 12.2. The summed E-state index contributed by atoms with van der Waals surface area (Å²) in [5.41, 5.74) is 2.32. The molecule has 8 nitrogen and oxygen atoms in total. The third-order valence-corrected chi connectivity index (χ3v) is 10.8.